The molecule has 0 bridgehead atoms. The van der Waals surface area contributed by atoms with Gasteiger partial charge >= 0.3 is 5.97 Å². The van der Waals surface area contributed by atoms with E-state index in [9.17, 15) is 9.59 Å². The third kappa shape index (κ3) is 5.47. The van der Waals surface area contributed by atoms with Crippen molar-refractivity contribution in [3.05, 3.63) is 52.2 Å². The van der Waals surface area contributed by atoms with Crippen LogP contribution in [-0.4, -0.2) is 25.0 Å². The van der Waals surface area contributed by atoms with Crippen molar-refractivity contribution in [3.8, 4) is 12.3 Å². The summed E-state index contributed by atoms with van der Waals surface area (Å²) in [6, 6.07) is 11.2. The van der Waals surface area contributed by atoms with E-state index >= 15 is 0 Å². The third-order valence-corrected chi connectivity index (χ3v) is 4.96. The molecular weight excluding hydrogens is 330 g/mol. The van der Waals surface area contributed by atoms with Crippen LogP contribution < -0.4 is 5.32 Å². The summed E-state index contributed by atoms with van der Waals surface area (Å²) in [4.78, 5) is 25.6. The summed E-state index contributed by atoms with van der Waals surface area (Å²) in [5.41, 5.74) is 0.457. The number of thiophene rings is 1. The molecular formula is C17H15NO3S2. The molecule has 0 saturated heterocycles. The van der Waals surface area contributed by atoms with E-state index in [4.69, 9.17) is 11.2 Å². The van der Waals surface area contributed by atoms with Crippen molar-refractivity contribution < 1.29 is 14.3 Å². The fourth-order valence-electron chi connectivity index (χ4n) is 1.71. The number of thioether (sulfide) groups is 1. The van der Waals surface area contributed by atoms with Gasteiger partial charge in [-0.25, -0.2) is 4.79 Å². The lowest BCUT2D eigenvalue weighted by Gasteiger charge is -2.09. The molecule has 4 nitrogen and oxygen atoms in total. The van der Waals surface area contributed by atoms with Gasteiger partial charge in [0.1, 0.15) is 0 Å². The van der Waals surface area contributed by atoms with Crippen molar-refractivity contribution >= 4 is 35.0 Å². The first-order valence-corrected chi connectivity index (χ1v) is 8.68. The largest absolute Gasteiger partial charge is 0.452 e. The normalized spacial score (nSPS) is 9.87. The number of hydrogen-bond donors (Lipinski definition) is 1. The highest BCUT2D eigenvalue weighted by molar-refractivity contribution is 7.98. The molecule has 0 atom stereocenters. The molecule has 0 saturated carbocycles. The monoisotopic (exact) mass is 345 g/mol. The Hall–Kier alpha value is -2.23. The van der Waals surface area contributed by atoms with Crippen molar-refractivity contribution in [1.29, 1.82) is 0 Å². The molecule has 1 aromatic heterocycles. The van der Waals surface area contributed by atoms with Crippen molar-refractivity contribution in [1.82, 2.24) is 5.32 Å². The van der Waals surface area contributed by atoms with Crippen LogP contribution in [0.15, 0.2) is 46.7 Å². The summed E-state index contributed by atoms with van der Waals surface area (Å²) in [6.07, 6.45) is 5.04. The van der Waals surface area contributed by atoms with E-state index in [1.165, 1.54) is 4.88 Å². The SMILES string of the molecule is C#CCNC(=O)COC(=O)c1ccccc1SCc1cccs1. The van der Waals surface area contributed by atoms with Crippen LogP contribution in [0, 0.1) is 12.3 Å². The fourth-order valence-corrected chi connectivity index (χ4v) is 3.53. The molecule has 0 aliphatic heterocycles. The van der Waals surface area contributed by atoms with Crippen LogP contribution in [0.1, 0.15) is 15.2 Å². The van der Waals surface area contributed by atoms with Gasteiger partial charge in [0, 0.05) is 15.5 Å². The number of rotatable bonds is 7. The highest BCUT2D eigenvalue weighted by atomic mass is 32.2. The minimum Gasteiger partial charge on any atom is -0.452 e. The van der Waals surface area contributed by atoms with Gasteiger partial charge in [0.05, 0.1) is 12.1 Å². The van der Waals surface area contributed by atoms with Gasteiger partial charge in [-0.15, -0.1) is 29.5 Å². The molecule has 0 unspecified atom stereocenters. The van der Waals surface area contributed by atoms with E-state index in [0.717, 1.165) is 10.6 Å². The molecule has 0 aliphatic rings. The molecule has 1 N–H and O–H groups in total. The zero-order valence-electron chi connectivity index (χ0n) is 12.3. The average Bonchev–Trinajstić information content (AvgIpc) is 3.09. The second-order valence-corrected chi connectivity index (χ2v) is 6.47. The lowest BCUT2D eigenvalue weighted by Crippen LogP contribution is -2.29. The summed E-state index contributed by atoms with van der Waals surface area (Å²) in [6.45, 7) is -0.228. The smallest absolute Gasteiger partial charge is 0.339 e. The lowest BCUT2D eigenvalue weighted by atomic mass is 10.2. The topological polar surface area (TPSA) is 55.4 Å². The Bertz CT molecular complexity index is 705. The van der Waals surface area contributed by atoms with E-state index in [-0.39, 0.29) is 13.2 Å². The van der Waals surface area contributed by atoms with Gasteiger partial charge in [-0.05, 0) is 23.6 Å². The van der Waals surface area contributed by atoms with Crippen LogP contribution >= 0.6 is 23.1 Å². The minimum atomic E-state index is -0.518. The number of benzene rings is 1. The quantitative estimate of drug-likeness (QED) is 0.476. The van der Waals surface area contributed by atoms with Crippen molar-refractivity contribution in [2.24, 2.45) is 0 Å². The number of nitrogens with one attached hydrogen (secondary N) is 1. The van der Waals surface area contributed by atoms with Crippen molar-refractivity contribution in [2.75, 3.05) is 13.2 Å². The Balaban J connectivity index is 1.94. The number of ether oxygens (including phenoxy) is 1. The maximum Gasteiger partial charge on any atom is 0.339 e. The first-order valence-electron chi connectivity index (χ1n) is 6.82. The van der Waals surface area contributed by atoms with Crippen LogP contribution in [0.5, 0.6) is 0 Å². The Morgan fingerprint density at radius 2 is 2.09 bits per heavy atom. The van der Waals surface area contributed by atoms with Gasteiger partial charge in [0.25, 0.3) is 5.91 Å². The van der Waals surface area contributed by atoms with Gasteiger partial charge in [-0.3, -0.25) is 4.79 Å². The molecule has 0 spiro atoms. The van der Waals surface area contributed by atoms with E-state index in [0.29, 0.717) is 5.56 Å². The number of terminal acetylenes is 1. The number of hydrogen-bond acceptors (Lipinski definition) is 5. The summed E-state index contributed by atoms with van der Waals surface area (Å²) in [7, 11) is 0. The van der Waals surface area contributed by atoms with Gasteiger partial charge in [0.2, 0.25) is 0 Å². The van der Waals surface area contributed by atoms with E-state index in [1.54, 1.807) is 35.2 Å². The number of amides is 1. The number of esters is 1. The number of carbonyl (C=O) groups is 2. The maximum atomic E-state index is 12.2. The molecule has 2 rings (SSSR count). The summed E-state index contributed by atoms with van der Waals surface area (Å²) >= 11 is 3.24. The van der Waals surface area contributed by atoms with E-state index in [2.05, 4.69) is 17.3 Å². The van der Waals surface area contributed by atoms with Gasteiger partial charge < -0.3 is 10.1 Å². The van der Waals surface area contributed by atoms with Gasteiger partial charge in [-0.1, -0.05) is 24.1 Å². The van der Waals surface area contributed by atoms with Crippen LogP contribution in [-0.2, 0) is 15.3 Å². The summed E-state index contributed by atoms with van der Waals surface area (Å²) in [5, 5.41) is 4.46. The van der Waals surface area contributed by atoms with Crippen LogP contribution in [0.3, 0.4) is 0 Å². The third-order valence-electron chi connectivity index (χ3n) is 2.78. The van der Waals surface area contributed by atoms with Crippen LogP contribution in [0.2, 0.25) is 0 Å². The summed E-state index contributed by atoms with van der Waals surface area (Å²) in [5.74, 6) is 2.13. The number of carbonyl (C=O) groups excluding carboxylic acids is 2. The van der Waals surface area contributed by atoms with Crippen LogP contribution in [0.4, 0.5) is 0 Å². The first kappa shape index (κ1) is 17.1. The zero-order chi connectivity index (χ0) is 16.5. The van der Waals surface area contributed by atoms with E-state index in [1.807, 2.05) is 23.6 Å². The average molecular weight is 345 g/mol. The lowest BCUT2D eigenvalue weighted by molar-refractivity contribution is -0.123. The second-order valence-electron chi connectivity index (χ2n) is 4.42. The molecule has 0 radical (unpaired) electrons. The van der Waals surface area contributed by atoms with E-state index < -0.39 is 11.9 Å². The molecule has 2 aromatic rings. The molecule has 1 heterocycles. The zero-order valence-corrected chi connectivity index (χ0v) is 13.9. The first-order chi connectivity index (χ1) is 11.2. The molecule has 0 fully saturated rings. The Labute approximate surface area is 143 Å². The van der Waals surface area contributed by atoms with Crippen LogP contribution in [0.25, 0.3) is 0 Å². The molecule has 1 aromatic carbocycles. The highest BCUT2D eigenvalue weighted by Crippen LogP contribution is 2.28. The Morgan fingerprint density at radius 1 is 1.26 bits per heavy atom. The van der Waals surface area contributed by atoms with Crippen molar-refractivity contribution in [3.63, 3.8) is 0 Å². The molecule has 23 heavy (non-hydrogen) atoms. The highest BCUT2D eigenvalue weighted by Gasteiger charge is 2.14. The van der Waals surface area contributed by atoms with Gasteiger partial charge in [0.15, 0.2) is 6.61 Å². The maximum absolute atomic E-state index is 12.2. The fraction of sp³-hybridized carbons (Fsp3) is 0.176. The standard InChI is InChI=1S/C17H15NO3S2/c1-2-9-18-16(19)11-21-17(20)14-7-3-4-8-15(14)23-12-13-6-5-10-22-13/h1,3-8,10H,9,11-12H2,(H,18,19). The second kappa shape index (κ2) is 9.03. The molecule has 1 amide bonds. The minimum absolute atomic E-state index is 0.115. The predicted octanol–water partition coefficient (Wildman–Crippen LogP) is 2.95. The van der Waals surface area contributed by atoms with Crippen molar-refractivity contribution in [2.45, 2.75) is 10.6 Å². The predicted molar refractivity (Wildman–Crippen MR) is 92.4 cm³/mol. The molecule has 118 valence electrons. The Morgan fingerprint density at radius 3 is 2.83 bits per heavy atom. The Kier molecular flexibility index (Phi) is 6.73. The van der Waals surface area contributed by atoms with Gasteiger partial charge in [-0.2, -0.15) is 0 Å². The molecule has 0 aliphatic carbocycles. The molecule has 6 heteroatoms. The summed E-state index contributed by atoms with van der Waals surface area (Å²) < 4.78 is 5.03.